The number of halogens is 4. The van der Waals surface area contributed by atoms with E-state index in [9.17, 15) is 13.2 Å². The van der Waals surface area contributed by atoms with Gasteiger partial charge in [0.1, 0.15) is 5.15 Å². The first kappa shape index (κ1) is 10.3. The first-order valence-corrected chi connectivity index (χ1v) is 3.65. The minimum absolute atomic E-state index is 0.0826. The molecule has 0 aliphatic carbocycles. The molecule has 0 bridgehead atoms. The quantitative estimate of drug-likeness (QED) is 0.724. The molecule has 72 valence electrons. The predicted molar refractivity (Wildman–Crippen MR) is 40.3 cm³/mol. The molecule has 0 spiro atoms. The molecule has 0 saturated heterocycles. The van der Waals surface area contributed by atoms with Crippen LogP contribution in [0.25, 0.3) is 0 Å². The van der Waals surface area contributed by atoms with Gasteiger partial charge in [-0.25, -0.2) is 4.98 Å². The Hall–Kier alpha value is -0.810. The molecular formula is C7H5ClF3NO. The minimum Gasteiger partial charge on any atom is -0.379 e. The van der Waals surface area contributed by atoms with Gasteiger partial charge in [-0.1, -0.05) is 11.6 Å². The van der Waals surface area contributed by atoms with Crippen LogP contribution in [0.1, 0.15) is 11.7 Å². The smallest absolute Gasteiger partial charge is 0.379 e. The van der Waals surface area contributed by atoms with Crippen LogP contribution in [-0.2, 0) is 0 Å². The first-order chi connectivity index (χ1) is 5.91. The summed E-state index contributed by atoms with van der Waals surface area (Å²) >= 11 is 5.35. The molecule has 1 aromatic heterocycles. The number of aliphatic hydroxyl groups excluding tert-OH is 1. The van der Waals surface area contributed by atoms with Crippen LogP contribution in [0.4, 0.5) is 13.2 Å². The van der Waals surface area contributed by atoms with Gasteiger partial charge < -0.3 is 5.11 Å². The molecule has 1 heterocycles. The van der Waals surface area contributed by atoms with Gasteiger partial charge in [0.2, 0.25) is 0 Å². The maximum Gasteiger partial charge on any atom is 0.418 e. The summed E-state index contributed by atoms with van der Waals surface area (Å²) in [5.74, 6) is 0. The summed E-state index contributed by atoms with van der Waals surface area (Å²) in [5, 5.41) is 8.69. The SMILES string of the molecule is O[C@H](c1ccnc(Cl)c1)C(F)(F)F. The van der Waals surface area contributed by atoms with E-state index in [0.717, 1.165) is 18.3 Å². The summed E-state index contributed by atoms with van der Waals surface area (Å²) in [6.07, 6.45) is -6.08. The second kappa shape index (κ2) is 3.51. The number of aromatic nitrogens is 1. The third kappa shape index (κ3) is 2.57. The molecule has 0 fully saturated rings. The Morgan fingerprint density at radius 3 is 2.54 bits per heavy atom. The zero-order valence-electron chi connectivity index (χ0n) is 6.22. The van der Waals surface area contributed by atoms with Crippen LogP contribution < -0.4 is 0 Å². The number of nitrogens with zero attached hydrogens (tertiary/aromatic N) is 1. The normalized spacial score (nSPS) is 14.2. The fraction of sp³-hybridized carbons (Fsp3) is 0.286. The van der Waals surface area contributed by atoms with E-state index in [1.165, 1.54) is 0 Å². The molecule has 1 aromatic rings. The molecule has 0 aliphatic rings. The molecule has 6 heteroatoms. The van der Waals surface area contributed by atoms with E-state index in [0.29, 0.717) is 0 Å². The maximum atomic E-state index is 12.0. The highest BCUT2D eigenvalue weighted by Crippen LogP contribution is 2.32. The van der Waals surface area contributed by atoms with Crippen molar-refractivity contribution >= 4 is 11.6 Å². The third-order valence-corrected chi connectivity index (χ3v) is 1.58. The Labute approximate surface area is 77.0 Å². The lowest BCUT2D eigenvalue weighted by molar-refractivity contribution is -0.206. The molecule has 2 nitrogen and oxygen atoms in total. The lowest BCUT2D eigenvalue weighted by atomic mass is 10.1. The number of rotatable bonds is 1. The van der Waals surface area contributed by atoms with E-state index < -0.39 is 12.3 Å². The molecular weight excluding hydrogens is 207 g/mol. The highest BCUT2D eigenvalue weighted by atomic mass is 35.5. The second-order valence-corrected chi connectivity index (χ2v) is 2.74. The second-order valence-electron chi connectivity index (χ2n) is 2.36. The standard InChI is InChI=1S/C7H5ClF3NO/c8-5-3-4(1-2-12-5)6(13)7(9,10)11/h1-3,6,13H/t6-/m1/s1. The van der Waals surface area contributed by atoms with E-state index >= 15 is 0 Å². The summed E-state index contributed by atoms with van der Waals surface area (Å²) in [5.41, 5.74) is -0.312. The molecule has 0 saturated carbocycles. The van der Waals surface area contributed by atoms with Gasteiger partial charge in [0.05, 0.1) is 0 Å². The van der Waals surface area contributed by atoms with Crippen LogP contribution in [0.15, 0.2) is 18.3 Å². The zero-order chi connectivity index (χ0) is 10.1. The monoisotopic (exact) mass is 211 g/mol. The van der Waals surface area contributed by atoms with Crippen molar-refractivity contribution in [1.29, 1.82) is 0 Å². The van der Waals surface area contributed by atoms with Crippen molar-refractivity contribution in [3.8, 4) is 0 Å². The van der Waals surface area contributed by atoms with Crippen molar-refractivity contribution in [2.24, 2.45) is 0 Å². The summed E-state index contributed by atoms with van der Waals surface area (Å²) < 4.78 is 35.9. The summed E-state index contributed by atoms with van der Waals surface area (Å²) in [6, 6.07) is 2.03. The highest BCUT2D eigenvalue weighted by Gasteiger charge is 2.39. The van der Waals surface area contributed by atoms with Gasteiger partial charge in [-0.2, -0.15) is 13.2 Å². The van der Waals surface area contributed by atoms with Gasteiger partial charge in [-0.15, -0.1) is 0 Å². The number of alkyl halides is 3. The Morgan fingerprint density at radius 1 is 1.46 bits per heavy atom. The lowest BCUT2D eigenvalue weighted by Gasteiger charge is -2.14. The van der Waals surface area contributed by atoms with Crippen molar-refractivity contribution in [3.05, 3.63) is 29.0 Å². The van der Waals surface area contributed by atoms with Crippen LogP contribution in [-0.4, -0.2) is 16.3 Å². The van der Waals surface area contributed by atoms with Crippen LogP contribution in [0, 0.1) is 0 Å². The largest absolute Gasteiger partial charge is 0.418 e. The molecule has 0 radical (unpaired) electrons. The van der Waals surface area contributed by atoms with Crippen molar-refractivity contribution < 1.29 is 18.3 Å². The van der Waals surface area contributed by atoms with Crippen molar-refractivity contribution in [1.82, 2.24) is 4.98 Å². The molecule has 1 rings (SSSR count). The maximum absolute atomic E-state index is 12.0. The number of aliphatic hydroxyl groups is 1. The van der Waals surface area contributed by atoms with E-state index in [1.54, 1.807) is 0 Å². The Kier molecular flexibility index (Phi) is 2.77. The summed E-state index contributed by atoms with van der Waals surface area (Å²) in [7, 11) is 0. The molecule has 0 aromatic carbocycles. The average molecular weight is 212 g/mol. The van der Waals surface area contributed by atoms with Crippen LogP contribution >= 0.6 is 11.6 Å². The molecule has 0 aliphatic heterocycles. The van der Waals surface area contributed by atoms with E-state index in [2.05, 4.69) is 4.98 Å². The number of pyridine rings is 1. The third-order valence-electron chi connectivity index (χ3n) is 1.38. The van der Waals surface area contributed by atoms with Crippen LogP contribution in [0.3, 0.4) is 0 Å². The topological polar surface area (TPSA) is 33.1 Å². The fourth-order valence-corrected chi connectivity index (χ4v) is 0.959. The summed E-state index contributed by atoms with van der Waals surface area (Å²) in [6.45, 7) is 0. The lowest BCUT2D eigenvalue weighted by Crippen LogP contribution is -2.20. The number of hydrogen-bond acceptors (Lipinski definition) is 2. The van der Waals surface area contributed by atoms with Gasteiger partial charge >= 0.3 is 6.18 Å². The highest BCUT2D eigenvalue weighted by molar-refractivity contribution is 6.29. The van der Waals surface area contributed by atoms with Crippen LogP contribution in [0.2, 0.25) is 5.15 Å². The van der Waals surface area contributed by atoms with Crippen molar-refractivity contribution in [2.45, 2.75) is 12.3 Å². The van der Waals surface area contributed by atoms with Crippen molar-refractivity contribution in [3.63, 3.8) is 0 Å². The minimum atomic E-state index is -4.68. The Bertz CT molecular complexity index is 302. The Balaban J connectivity index is 2.96. The van der Waals surface area contributed by atoms with Crippen molar-refractivity contribution in [2.75, 3.05) is 0 Å². The van der Waals surface area contributed by atoms with Gasteiger partial charge in [-0.3, -0.25) is 0 Å². The average Bonchev–Trinajstić information content (AvgIpc) is 2.01. The first-order valence-electron chi connectivity index (χ1n) is 3.27. The molecule has 0 amide bonds. The van der Waals surface area contributed by atoms with Gasteiger partial charge in [-0.05, 0) is 17.7 Å². The van der Waals surface area contributed by atoms with Gasteiger partial charge in [0.15, 0.2) is 6.10 Å². The van der Waals surface area contributed by atoms with Gasteiger partial charge in [0.25, 0.3) is 0 Å². The van der Waals surface area contributed by atoms with E-state index in [-0.39, 0.29) is 10.7 Å². The van der Waals surface area contributed by atoms with Crippen LogP contribution in [0.5, 0.6) is 0 Å². The predicted octanol–water partition coefficient (Wildman–Crippen LogP) is 2.33. The molecule has 1 atom stereocenters. The number of hydrogen-bond donors (Lipinski definition) is 1. The van der Waals surface area contributed by atoms with E-state index in [1.807, 2.05) is 0 Å². The van der Waals surface area contributed by atoms with E-state index in [4.69, 9.17) is 16.7 Å². The molecule has 1 N–H and O–H groups in total. The zero-order valence-corrected chi connectivity index (χ0v) is 6.97. The molecule has 0 unspecified atom stereocenters. The summed E-state index contributed by atoms with van der Waals surface area (Å²) in [4.78, 5) is 3.49. The van der Waals surface area contributed by atoms with Gasteiger partial charge in [0, 0.05) is 6.20 Å². The Morgan fingerprint density at radius 2 is 2.08 bits per heavy atom. The fourth-order valence-electron chi connectivity index (χ4n) is 0.777. The molecule has 13 heavy (non-hydrogen) atoms.